The Morgan fingerprint density at radius 3 is 2.79 bits per heavy atom. The fourth-order valence-corrected chi connectivity index (χ4v) is 1.83. The number of carbonyl (C=O) groups is 1. The Morgan fingerprint density at radius 1 is 1.42 bits per heavy atom. The van der Waals surface area contributed by atoms with E-state index in [1.165, 1.54) is 18.2 Å². The second-order valence-corrected chi connectivity index (χ2v) is 4.47. The molecule has 6 nitrogen and oxygen atoms in total. The predicted molar refractivity (Wildman–Crippen MR) is 71.3 cm³/mol. The summed E-state index contributed by atoms with van der Waals surface area (Å²) in [5.74, 6) is -0.983. The number of nitrogens with one attached hydrogen (secondary N) is 2. The second kappa shape index (κ2) is 5.19. The SMILES string of the molecule is Nc1cc(C(=O)Nc2ccc(=O)[nH]n2)c(Br)cc1F. The topological polar surface area (TPSA) is 101 Å². The van der Waals surface area contributed by atoms with E-state index in [-0.39, 0.29) is 27.1 Å². The van der Waals surface area contributed by atoms with Crippen molar-refractivity contribution in [2.75, 3.05) is 11.1 Å². The Morgan fingerprint density at radius 2 is 2.16 bits per heavy atom. The van der Waals surface area contributed by atoms with E-state index >= 15 is 0 Å². The maximum atomic E-state index is 13.2. The number of halogens is 2. The lowest BCUT2D eigenvalue weighted by atomic mass is 10.2. The van der Waals surface area contributed by atoms with Gasteiger partial charge in [-0.3, -0.25) is 9.59 Å². The van der Waals surface area contributed by atoms with E-state index in [1.54, 1.807) is 0 Å². The van der Waals surface area contributed by atoms with Gasteiger partial charge in [0.15, 0.2) is 5.82 Å². The third-order valence-corrected chi connectivity index (χ3v) is 2.91. The van der Waals surface area contributed by atoms with Gasteiger partial charge in [0.05, 0.1) is 11.3 Å². The van der Waals surface area contributed by atoms with Crippen molar-refractivity contribution < 1.29 is 9.18 Å². The number of aromatic nitrogens is 2. The van der Waals surface area contributed by atoms with Crippen molar-refractivity contribution in [2.24, 2.45) is 0 Å². The molecule has 98 valence electrons. The van der Waals surface area contributed by atoms with Crippen LogP contribution in [0.4, 0.5) is 15.9 Å². The molecule has 0 radical (unpaired) electrons. The molecule has 0 aliphatic heterocycles. The zero-order valence-electron chi connectivity index (χ0n) is 9.41. The number of rotatable bonds is 2. The molecule has 0 saturated carbocycles. The number of hydrogen-bond donors (Lipinski definition) is 3. The summed E-state index contributed by atoms with van der Waals surface area (Å²) in [5.41, 5.74) is 5.04. The number of benzene rings is 1. The molecule has 0 unspecified atom stereocenters. The van der Waals surface area contributed by atoms with Crippen LogP contribution in [0.1, 0.15) is 10.4 Å². The van der Waals surface area contributed by atoms with E-state index in [0.29, 0.717) is 0 Å². The van der Waals surface area contributed by atoms with Gasteiger partial charge in [-0.1, -0.05) is 0 Å². The lowest BCUT2D eigenvalue weighted by molar-refractivity contribution is 0.102. The molecule has 0 aliphatic rings. The second-order valence-electron chi connectivity index (χ2n) is 3.61. The van der Waals surface area contributed by atoms with E-state index < -0.39 is 11.7 Å². The molecule has 0 fully saturated rings. The fourth-order valence-electron chi connectivity index (χ4n) is 1.34. The molecule has 1 heterocycles. The summed E-state index contributed by atoms with van der Waals surface area (Å²) >= 11 is 3.07. The molecule has 1 aromatic carbocycles. The van der Waals surface area contributed by atoms with E-state index in [2.05, 4.69) is 31.4 Å². The maximum Gasteiger partial charge on any atom is 0.264 e. The van der Waals surface area contributed by atoms with Crippen LogP contribution < -0.4 is 16.6 Å². The number of hydrogen-bond acceptors (Lipinski definition) is 4. The molecule has 19 heavy (non-hydrogen) atoms. The average Bonchev–Trinajstić information content (AvgIpc) is 2.36. The smallest absolute Gasteiger partial charge is 0.264 e. The van der Waals surface area contributed by atoms with Gasteiger partial charge in [-0.15, -0.1) is 0 Å². The first-order valence-electron chi connectivity index (χ1n) is 5.09. The summed E-state index contributed by atoms with van der Waals surface area (Å²) in [7, 11) is 0. The van der Waals surface area contributed by atoms with Crippen molar-refractivity contribution in [3.8, 4) is 0 Å². The van der Waals surface area contributed by atoms with Gasteiger partial charge in [0.1, 0.15) is 5.82 Å². The van der Waals surface area contributed by atoms with Crippen LogP contribution in [0, 0.1) is 5.82 Å². The number of nitrogens with zero attached hydrogens (tertiary/aromatic N) is 1. The van der Waals surface area contributed by atoms with Crippen LogP contribution in [0.5, 0.6) is 0 Å². The molecule has 4 N–H and O–H groups in total. The minimum Gasteiger partial charge on any atom is -0.396 e. The predicted octanol–water partition coefficient (Wildman–Crippen LogP) is 1.51. The summed E-state index contributed by atoms with van der Waals surface area (Å²) in [6.45, 7) is 0. The van der Waals surface area contributed by atoms with Crippen molar-refractivity contribution in [3.05, 3.63) is 50.5 Å². The molecule has 1 aromatic heterocycles. The number of anilines is 2. The van der Waals surface area contributed by atoms with Crippen LogP contribution in [-0.4, -0.2) is 16.1 Å². The summed E-state index contributed by atoms with van der Waals surface area (Å²) < 4.78 is 13.4. The van der Waals surface area contributed by atoms with Gasteiger partial charge in [0.2, 0.25) is 0 Å². The highest BCUT2D eigenvalue weighted by Crippen LogP contribution is 2.23. The number of aromatic amines is 1. The molecular formula is C11H8BrFN4O2. The lowest BCUT2D eigenvalue weighted by Gasteiger charge is -2.07. The number of H-pyrrole nitrogens is 1. The lowest BCUT2D eigenvalue weighted by Crippen LogP contribution is -2.16. The van der Waals surface area contributed by atoms with Crippen LogP contribution >= 0.6 is 15.9 Å². The first-order valence-corrected chi connectivity index (χ1v) is 5.88. The summed E-state index contributed by atoms with van der Waals surface area (Å²) in [6, 6.07) is 4.87. The minimum absolute atomic E-state index is 0.136. The van der Waals surface area contributed by atoms with Gasteiger partial charge in [-0.05, 0) is 34.1 Å². The molecule has 0 aliphatic carbocycles. The number of nitrogens with two attached hydrogens (primary N) is 1. The zero-order valence-corrected chi connectivity index (χ0v) is 11.0. The van der Waals surface area contributed by atoms with Crippen LogP contribution in [0.3, 0.4) is 0 Å². The normalized spacial score (nSPS) is 10.2. The zero-order chi connectivity index (χ0) is 14.0. The Labute approximate surface area is 115 Å². The van der Waals surface area contributed by atoms with Gasteiger partial charge in [-0.2, -0.15) is 5.10 Å². The maximum absolute atomic E-state index is 13.2. The summed E-state index contributed by atoms with van der Waals surface area (Å²) in [4.78, 5) is 22.7. The fraction of sp³-hybridized carbons (Fsp3) is 0. The van der Waals surface area contributed by atoms with E-state index in [4.69, 9.17) is 5.73 Å². The van der Waals surface area contributed by atoms with E-state index in [1.807, 2.05) is 0 Å². The van der Waals surface area contributed by atoms with Crippen molar-refractivity contribution >= 4 is 33.3 Å². The van der Waals surface area contributed by atoms with Crippen LogP contribution in [0.25, 0.3) is 0 Å². The van der Waals surface area contributed by atoms with Crippen molar-refractivity contribution in [1.29, 1.82) is 0 Å². The third kappa shape index (κ3) is 2.97. The molecule has 0 atom stereocenters. The van der Waals surface area contributed by atoms with Crippen LogP contribution in [0.2, 0.25) is 0 Å². The Bertz CT molecular complexity index is 681. The molecule has 2 aromatic rings. The van der Waals surface area contributed by atoms with Gasteiger partial charge < -0.3 is 11.1 Å². The van der Waals surface area contributed by atoms with Crippen LogP contribution in [0.15, 0.2) is 33.5 Å². The molecule has 8 heteroatoms. The third-order valence-electron chi connectivity index (χ3n) is 2.25. The summed E-state index contributed by atoms with van der Waals surface area (Å²) in [5, 5.41) is 8.24. The molecule has 1 amide bonds. The standard InChI is InChI=1S/C11H8BrFN4O2/c12-6-4-7(13)8(14)3-5(6)11(19)15-9-1-2-10(18)17-16-9/h1-4H,14H2,(H,17,18)(H,15,16,19). The summed E-state index contributed by atoms with van der Waals surface area (Å²) in [6.07, 6.45) is 0. The van der Waals surface area contributed by atoms with Crippen molar-refractivity contribution in [3.63, 3.8) is 0 Å². The molecule has 0 bridgehead atoms. The van der Waals surface area contributed by atoms with Crippen molar-refractivity contribution in [2.45, 2.75) is 0 Å². The molecule has 2 rings (SSSR count). The highest BCUT2D eigenvalue weighted by atomic mass is 79.9. The Kier molecular flexibility index (Phi) is 3.61. The monoisotopic (exact) mass is 326 g/mol. The van der Waals surface area contributed by atoms with Gasteiger partial charge >= 0.3 is 0 Å². The molecule has 0 saturated heterocycles. The number of nitrogen functional groups attached to an aromatic ring is 1. The Hall–Kier alpha value is -2.22. The van der Waals surface area contributed by atoms with E-state index in [9.17, 15) is 14.0 Å². The van der Waals surface area contributed by atoms with Gasteiger partial charge in [0.25, 0.3) is 11.5 Å². The average molecular weight is 327 g/mol. The number of amides is 1. The largest absolute Gasteiger partial charge is 0.396 e. The van der Waals surface area contributed by atoms with Gasteiger partial charge in [-0.25, -0.2) is 9.49 Å². The number of carbonyl (C=O) groups excluding carboxylic acids is 1. The minimum atomic E-state index is -0.620. The first-order chi connectivity index (χ1) is 8.97. The van der Waals surface area contributed by atoms with Gasteiger partial charge in [0, 0.05) is 10.5 Å². The molecular weight excluding hydrogens is 319 g/mol. The van der Waals surface area contributed by atoms with Crippen LogP contribution in [-0.2, 0) is 0 Å². The first kappa shape index (κ1) is 13.2. The highest BCUT2D eigenvalue weighted by Gasteiger charge is 2.14. The van der Waals surface area contributed by atoms with E-state index in [0.717, 1.165) is 6.07 Å². The van der Waals surface area contributed by atoms with Crippen molar-refractivity contribution in [1.82, 2.24) is 10.2 Å². The quantitative estimate of drug-likeness (QED) is 0.728. The Balaban J connectivity index is 2.27. The highest BCUT2D eigenvalue weighted by molar-refractivity contribution is 9.10. The molecule has 0 spiro atoms.